The minimum atomic E-state index is 0.402. The maximum atomic E-state index is 4.67. The number of aliphatic imine (C=N–C) groups is 2. The van der Waals surface area contributed by atoms with E-state index in [1.165, 1.54) is 0 Å². The van der Waals surface area contributed by atoms with E-state index in [4.69, 9.17) is 0 Å². The highest BCUT2D eigenvalue weighted by Crippen LogP contribution is 2.19. The maximum absolute atomic E-state index is 4.67. The first-order valence-electron chi connectivity index (χ1n) is 9.34. The Hall–Kier alpha value is -1.98. The third-order valence-electron chi connectivity index (χ3n) is 4.17. The molecule has 0 aromatic carbocycles. The van der Waals surface area contributed by atoms with Crippen LogP contribution in [0.15, 0.2) is 58.5 Å². The zero-order valence-corrected chi connectivity index (χ0v) is 16.7. The molecule has 0 aliphatic carbocycles. The van der Waals surface area contributed by atoms with Gasteiger partial charge in [0.1, 0.15) is 0 Å². The lowest BCUT2D eigenvalue weighted by Gasteiger charge is -2.20. The number of allylic oxidation sites excluding steroid dienone is 1. The Bertz CT molecular complexity index is 551. The lowest BCUT2D eigenvalue weighted by molar-refractivity contribution is 0.450. The molecule has 0 spiro atoms. The second kappa shape index (κ2) is 12.4. The van der Waals surface area contributed by atoms with Crippen LogP contribution in [0.25, 0.3) is 0 Å². The molecule has 0 aromatic rings. The molecular formula is C21H35N5. The summed E-state index contributed by atoms with van der Waals surface area (Å²) in [5, 5.41) is 6.74. The van der Waals surface area contributed by atoms with E-state index >= 15 is 0 Å². The zero-order chi connectivity index (χ0) is 19.4. The van der Waals surface area contributed by atoms with Gasteiger partial charge in [0.15, 0.2) is 0 Å². The predicted octanol–water partition coefficient (Wildman–Crippen LogP) is 3.15. The van der Waals surface area contributed by atoms with E-state index in [1.807, 2.05) is 25.4 Å². The van der Waals surface area contributed by atoms with Crippen molar-refractivity contribution in [1.29, 1.82) is 0 Å². The third kappa shape index (κ3) is 8.41. The number of nitrogens with zero attached hydrogens (tertiary/aromatic N) is 3. The van der Waals surface area contributed by atoms with Gasteiger partial charge in [0.2, 0.25) is 0 Å². The summed E-state index contributed by atoms with van der Waals surface area (Å²) in [5.74, 6) is 0.506. The van der Waals surface area contributed by atoms with Crippen molar-refractivity contribution in [3.63, 3.8) is 0 Å². The van der Waals surface area contributed by atoms with Gasteiger partial charge in [-0.2, -0.15) is 0 Å². The Morgan fingerprint density at radius 1 is 1.42 bits per heavy atom. The summed E-state index contributed by atoms with van der Waals surface area (Å²) < 4.78 is 0. The topological polar surface area (TPSA) is 52.0 Å². The first-order valence-corrected chi connectivity index (χ1v) is 9.34. The lowest BCUT2D eigenvalue weighted by Crippen LogP contribution is -2.27. The highest BCUT2D eigenvalue weighted by molar-refractivity contribution is 5.79. The summed E-state index contributed by atoms with van der Waals surface area (Å²) >= 11 is 0. The summed E-state index contributed by atoms with van der Waals surface area (Å²) in [6.45, 7) is 22.1. The van der Waals surface area contributed by atoms with Crippen LogP contribution >= 0.6 is 0 Å². The molecular weight excluding hydrogens is 322 g/mol. The van der Waals surface area contributed by atoms with Gasteiger partial charge in [-0.15, -0.1) is 6.58 Å². The second-order valence-electron chi connectivity index (χ2n) is 6.85. The van der Waals surface area contributed by atoms with Gasteiger partial charge in [-0.1, -0.05) is 32.6 Å². The van der Waals surface area contributed by atoms with Crippen molar-refractivity contribution in [3.05, 3.63) is 48.5 Å². The summed E-state index contributed by atoms with van der Waals surface area (Å²) in [7, 11) is 0. The third-order valence-corrected chi connectivity index (χ3v) is 4.17. The summed E-state index contributed by atoms with van der Waals surface area (Å²) in [6, 6.07) is 0.402. The predicted molar refractivity (Wildman–Crippen MR) is 115 cm³/mol. The first-order chi connectivity index (χ1) is 12.5. The van der Waals surface area contributed by atoms with E-state index in [-0.39, 0.29) is 0 Å². The Morgan fingerprint density at radius 2 is 2.19 bits per heavy atom. The molecule has 2 N–H and O–H groups in total. The zero-order valence-electron chi connectivity index (χ0n) is 16.7. The molecule has 0 bridgehead atoms. The first kappa shape index (κ1) is 22.1. The van der Waals surface area contributed by atoms with Crippen molar-refractivity contribution < 1.29 is 0 Å². The molecule has 1 aliphatic rings. The van der Waals surface area contributed by atoms with Gasteiger partial charge < -0.3 is 15.5 Å². The van der Waals surface area contributed by atoms with Crippen molar-refractivity contribution in [3.8, 4) is 0 Å². The summed E-state index contributed by atoms with van der Waals surface area (Å²) in [5.41, 5.74) is 2.99. The van der Waals surface area contributed by atoms with Gasteiger partial charge >= 0.3 is 0 Å². The van der Waals surface area contributed by atoms with Gasteiger partial charge in [0.25, 0.3) is 0 Å². The highest BCUT2D eigenvalue weighted by Gasteiger charge is 2.17. The fourth-order valence-corrected chi connectivity index (χ4v) is 2.78. The molecule has 5 heteroatoms. The molecule has 1 unspecified atom stereocenters. The van der Waals surface area contributed by atoms with Crippen LogP contribution in [0.2, 0.25) is 0 Å². The van der Waals surface area contributed by atoms with Gasteiger partial charge in [0, 0.05) is 56.3 Å². The molecule has 1 fully saturated rings. The molecule has 1 aliphatic heterocycles. The van der Waals surface area contributed by atoms with E-state index in [0.29, 0.717) is 25.0 Å². The summed E-state index contributed by atoms with van der Waals surface area (Å²) in [4.78, 5) is 10.9. The van der Waals surface area contributed by atoms with Crippen LogP contribution in [0.3, 0.4) is 0 Å². The van der Waals surface area contributed by atoms with E-state index in [9.17, 15) is 0 Å². The van der Waals surface area contributed by atoms with Crippen LogP contribution in [0, 0.1) is 5.92 Å². The number of rotatable bonds is 12. The average Bonchev–Trinajstić information content (AvgIpc) is 3.13. The van der Waals surface area contributed by atoms with Gasteiger partial charge in [-0.05, 0) is 32.2 Å². The number of hydrogen-bond acceptors (Lipinski definition) is 5. The molecule has 0 radical (unpaired) electrons. The molecule has 0 saturated carbocycles. The van der Waals surface area contributed by atoms with Crippen molar-refractivity contribution in [2.24, 2.45) is 15.9 Å². The number of hydrogen-bond donors (Lipinski definition) is 2. The van der Waals surface area contributed by atoms with Crippen LogP contribution in [-0.4, -0.2) is 56.6 Å². The largest absolute Gasteiger partial charge is 0.368 e. The maximum Gasteiger partial charge on any atom is 0.0692 e. The van der Waals surface area contributed by atoms with Crippen LogP contribution in [-0.2, 0) is 0 Å². The van der Waals surface area contributed by atoms with Gasteiger partial charge in [-0.25, -0.2) is 0 Å². The average molecular weight is 358 g/mol. The van der Waals surface area contributed by atoms with Crippen LogP contribution in [0.1, 0.15) is 27.2 Å². The monoisotopic (exact) mass is 357 g/mol. The van der Waals surface area contributed by atoms with E-state index < -0.39 is 0 Å². The molecule has 0 aromatic heterocycles. The minimum Gasteiger partial charge on any atom is -0.368 e. The molecule has 5 nitrogen and oxygen atoms in total. The molecule has 26 heavy (non-hydrogen) atoms. The molecule has 144 valence electrons. The molecule has 0 amide bonds. The van der Waals surface area contributed by atoms with Gasteiger partial charge in [-0.3, -0.25) is 9.98 Å². The normalized spacial score (nSPS) is 18.5. The van der Waals surface area contributed by atoms with Crippen LogP contribution < -0.4 is 10.6 Å². The fourth-order valence-electron chi connectivity index (χ4n) is 2.78. The lowest BCUT2D eigenvalue weighted by atomic mass is 10.1. The molecule has 1 heterocycles. The Labute approximate surface area is 159 Å². The highest BCUT2D eigenvalue weighted by atomic mass is 15.1. The second-order valence-corrected chi connectivity index (χ2v) is 6.85. The van der Waals surface area contributed by atoms with Crippen LogP contribution in [0.5, 0.6) is 0 Å². The van der Waals surface area contributed by atoms with Crippen molar-refractivity contribution in [2.45, 2.75) is 33.2 Å². The Morgan fingerprint density at radius 3 is 2.73 bits per heavy atom. The minimum absolute atomic E-state index is 0.402. The van der Waals surface area contributed by atoms with Crippen molar-refractivity contribution in [1.82, 2.24) is 15.5 Å². The Kier molecular flexibility index (Phi) is 10.5. The van der Waals surface area contributed by atoms with E-state index in [1.54, 1.807) is 0 Å². The quantitative estimate of drug-likeness (QED) is 0.417. The fraction of sp³-hybridized carbons (Fsp3) is 0.524. The van der Waals surface area contributed by atoms with E-state index in [2.05, 4.69) is 65.3 Å². The smallest absolute Gasteiger partial charge is 0.0692 e. The Balaban J connectivity index is 2.69. The SMILES string of the molecule is C=CCN(/C=C(/CNC(C)C)N=C)CC(=C)/C=N\C(=C/C)C1CCNC1. The molecule has 1 saturated heterocycles. The van der Waals surface area contributed by atoms with E-state index in [0.717, 1.165) is 43.0 Å². The number of nitrogens with one attached hydrogen (secondary N) is 2. The van der Waals surface area contributed by atoms with Crippen molar-refractivity contribution >= 4 is 12.9 Å². The molecule has 1 rings (SSSR count). The van der Waals surface area contributed by atoms with Crippen LogP contribution in [0.4, 0.5) is 0 Å². The van der Waals surface area contributed by atoms with Gasteiger partial charge in [0.05, 0.1) is 5.70 Å². The standard InChI is InChI=1S/C21H35N5/c1-7-11-26(16-20(22-6)14-24-17(3)4)15-18(5)12-25-21(8-2)19-9-10-23-13-19/h7-8,12,16-17,19,23-24H,1,5-6,9-11,13-15H2,2-4H3/b20-16-,21-8-,25-12-. The van der Waals surface area contributed by atoms with Crippen molar-refractivity contribution in [2.75, 3.05) is 32.7 Å². The summed E-state index contributed by atoms with van der Waals surface area (Å²) in [6.07, 6.45) is 9.01. The molecule has 1 atom stereocenters.